The number of benzene rings is 3. The van der Waals surface area contributed by atoms with Crippen LogP contribution in [0.3, 0.4) is 0 Å². The van der Waals surface area contributed by atoms with Crippen LogP contribution in [0, 0.1) is 0 Å². The average Bonchev–Trinajstić information content (AvgIpc) is 3.49. The third kappa shape index (κ3) is 8.53. The zero-order valence-corrected chi connectivity index (χ0v) is 27.9. The van der Waals surface area contributed by atoms with Gasteiger partial charge in [-0.2, -0.15) is 22.0 Å². The molecule has 0 unspecified atom stereocenters. The molecule has 0 saturated carbocycles. The third-order valence-corrected chi connectivity index (χ3v) is 9.14. The Morgan fingerprint density at radius 3 is 2.35 bits per heavy atom. The van der Waals surface area contributed by atoms with Crippen molar-refractivity contribution in [2.45, 2.75) is 57.0 Å². The van der Waals surface area contributed by atoms with Gasteiger partial charge in [0.1, 0.15) is 11.3 Å². The lowest BCUT2D eigenvalue weighted by Gasteiger charge is -2.33. The maximum Gasteiger partial charge on any atom is 0.499 e. The molecule has 14 heteroatoms. The Hall–Kier alpha value is -4.91. The number of piperidine rings is 1. The van der Waals surface area contributed by atoms with Gasteiger partial charge in [-0.1, -0.05) is 53.6 Å². The number of nitrogens with one attached hydrogen (secondary N) is 1. The Balaban J connectivity index is 1.18. The number of carbonyl (C=O) groups excluding carboxylic acids is 2. The second-order valence-electron chi connectivity index (χ2n) is 12.5. The Labute approximate surface area is 294 Å². The molecule has 0 radical (unpaired) electrons. The van der Waals surface area contributed by atoms with Crippen LogP contribution in [0.15, 0.2) is 93.7 Å². The van der Waals surface area contributed by atoms with Crippen LogP contribution in [0.1, 0.15) is 47.4 Å². The average molecular weight is 730 g/mol. The SMILES string of the molecule is O=C(N[C@@H](C=C1CCN(c2ccccc2CN2CCCC2=O)CC1)Cc1ccc(Cl)cc1)c1cc(=O)c2cc(OC(F)(F)C(F)(F)F)ccc2o1. The first kappa shape index (κ1) is 35.9. The fourth-order valence-electron chi connectivity index (χ4n) is 6.30. The highest BCUT2D eigenvalue weighted by Crippen LogP contribution is 2.38. The smallest absolute Gasteiger partial charge is 0.451 e. The van der Waals surface area contributed by atoms with Crippen molar-refractivity contribution in [2.75, 3.05) is 24.5 Å². The molecular weight excluding hydrogens is 697 g/mol. The number of likely N-dealkylation sites (tertiary alicyclic amines) is 1. The number of nitrogens with zero attached hydrogens (tertiary/aromatic N) is 2. The lowest BCUT2D eigenvalue weighted by molar-refractivity contribution is -0.360. The van der Waals surface area contributed by atoms with Crippen LogP contribution < -0.4 is 20.4 Å². The highest BCUT2D eigenvalue weighted by molar-refractivity contribution is 6.30. The van der Waals surface area contributed by atoms with Crippen LogP contribution in [-0.4, -0.2) is 54.7 Å². The molecule has 1 atom stereocenters. The number of rotatable bonds is 10. The number of para-hydroxylation sites is 1. The summed E-state index contributed by atoms with van der Waals surface area (Å²) in [6.07, 6.45) is -6.20. The summed E-state index contributed by atoms with van der Waals surface area (Å²) >= 11 is 6.08. The first-order chi connectivity index (χ1) is 24.3. The standard InChI is InChI=1S/C37H33ClF5N3O5/c38-26-9-7-23(8-10-26)18-27(19-24-13-16-45(17-14-24)30-5-2-1-4-25(30)22-46-15-3-6-34(46)48)44-35(49)33-21-31(47)29-20-28(11-12-32(29)50-33)51-37(42,43)36(39,40)41/h1-2,4-5,7-12,19-21,27H,3,6,13-18,22H2,(H,44,49)/t27-/m1/s1. The molecule has 0 bridgehead atoms. The van der Waals surface area contributed by atoms with Crippen LogP contribution in [0.25, 0.3) is 11.0 Å². The molecule has 2 aliphatic heterocycles. The van der Waals surface area contributed by atoms with Crippen molar-refractivity contribution in [3.8, 4) is 5.75 Å². The monoisotopic (exact) mass is 729 g/mol. The summed E-state index contributed by atoms with van der Waals surface area (Å²) in [4.78, 5) is 42.8. The number of anilines is 1. The van der Waals surface area contributed by atoms with E-state index in [0.29, 0.717) is 43.3 Å². The van der Waals surface area contributed by atoms with Crippen molar-refractivity contribution in [2.24, 2.45) is 0 Å². The molecule has 1 N–H and O–H groups in total. The van der Waals surface area contributed by atoms with E-state index in [1.165, 1.54) is 0 Å². The Bertz CT molecular complexity index is 2000. The van der Waals surface area contributed by atoms with Crippen LogP contribution >= 0.6 is 11.6 Å². The van der Waals surface area contributed by atoms with E-state index in [2.05, 4.69) is 21.0 Å². The first-order valence-corrected chi connectivity index (χ1v) is 16.7. The van der Waals surface area contributed by atoms with Crippen molar-refractivity contribution in [1.29, 1.82) is 0 Å². The molecule has 6 rings (SSSR count). The molecule has 268 valence electrons. The predicted octanol–water partition coefficient (Wildman–Crippen LogP) is 7.67. The zero-order valence-electron chi connectivity index (χ0n) is 27.2. The number of fused-ring (bicyclic) bond motifs is 1. The molecule has 0 spiro atoms. The predicted molar refractivity (Wildman–Crippen MR) is 181 cm³/mol. The van der Waals surface area contributed by atoms with Gasteiger partial charge in [-0.15, -0.1) is 0 Å². The Morgan fingerprint density at radius 1 is 0.941 bits per heavy atom. The van der Waals surface area contributed by atoms with E-state index in [0.717, 1.165) is 66.6 Å². The molecule has 4 aromatic rings. The minimum absolute atomic E-state index is 0.168. The first-order valence-electron chi connectivity index (χ1n) is 16.3. The number of hydrogen-bond acceptors (Lipinski definition) is 6. The minimum Gasteiger partial charge on any atom is -0.451 e. The van der Waals surface area contributed by atoms with Gasteiger partial charge in [-0.3, -0.25) is 14.4 Å². The number of carbonyl (C=O) groups is 2. The maximum absolute atomic E-state index is 13.5. The molecule has 1 aromatic heterocycles. The second-order valence-corrected chi connectivity index (χ2v) is 13.0. The summed E-state index contributed by atoms with van der Waals surface area (Å²) in [5.74, 6) is -1.83. The summed E-state index contributed by atoms with van der Waals surface area (Å²) in [5, 5.41) is 3.11. The molecule has 3 heterocycles. The molecule has 8 nitrogen and oxygen atoms in total. The molecule has 2 amide bonds. The van der Waals surface area contributed by atoms with Crippen molar-refractivity contribution in [1.82, 2.24) is 10.2 Å². The van der Waals surface area contributed by atoms with E-state index < -0.39 is 35.4 Å². The van der Waals surface area contributed by atoms with Gasteiger partial charge < -0.3 is 24.3 Å². The summed E-state index contributed by atoms with van der Waals surface area (Å²) in [7, 11) is 0. The highest BCUT2D eigenvalue weighted by atomic mass is 35.5. The lowest BCUT2D eigenvalue weighted by atomic mass is 9.97. The van der Waals surface area contributed by atoms with E-state index in [-0.39, 0.29) is 22.6 Å². The van der Waals surface area contributed by atoms with Gasteiger partial charge in [0.15, 0.2) is 11.2 Å². The Morgan fingerprint density at radius 2 is 1.67 bits per heavy atom. The molecule has 2 saturated heterocycles. The molecule has 3 aromatic carbocycles. The van der Waals surface area contributed by atoms with Gasteiger partial charge in [0, 0.05) is 49.4 Å². The van der Waals surface area contributed by atoms with Crippen molar-refractivity contribution in [3.63, 3.8) is 0 Å². The molecule has 51 heavy (non-hydrogen) atoms. The van der Waals surface area contributed by atoms with Crippen LogP contribution in [0.4, 0.5) is 27.6 Å². The van der Waals surface area contributed by atoms with Gasteiger partial charge >= 0.3 is 12.3 Å². The number of halogens is 6. The van der Waals surface area contributed by atoms with E-state index in [4.69, 9.17) is 16.0 Å². The van der Waals surface area contributed by atoms with Crippen molar-refractivity contribution in [3.05, 3.63) is 117 Å². The maximum atomic E-state index is 13.5. The van der Waals surface area contributed by atoms with Crippen molar-refractivity contribution >= 4 is 40.1 Å². The van der Waals surface area contributed by atoms with Gasteiger partial charge in [0.2, 0.25) is 5.91 Å². The van der Waals surface area contributed by atoms with E-state index in [1.807, 2.05) is 41.3 Å². The third-order valence-electron chi connectivity index (χ3n) is 8.89. The van der Waals surface area contributed by atoms with Gasteiger partial charge in [-0.05, 0) is 73.2 Å². The van der Waals surface area contributed by atoms with Gasteiger partial charge in [0.25, 0.3) is 5.91 Å². The number of ether oxygens (including phenoxy) is 1. The quantitative estimate of drug-likeness (QED) is 0.133. The highest BCUT2D eigenvalue weighted by Gasteiger charge is 2.61. The fourth-order valence-corrected chi connectivity index (χ4v) is 6.42. The fraction of sp³-hybridized carbons (Fsp3) is 0.324. The molecule has 2 aliphatic rings. The number of alkyl halides is 5. The van der Waals surface area contributed by atoms with E-state index >= 15 is 0 Å². The Kier molecular flexibility index (Phi) is 10.4. The topological polar surface area (TPSA) is 92.1 Å². The van der Waals surface area contributed by atoms with E-state index in [9.17, 15) is 36.3 Å². The minimum atomic E-state index is -5.97. The number of amides is 2. The number of hydrogen-bond donors (Lipinski definition) is 1. The summed E-state index contributed by atoms with van der Waals surface area (Å²) < 4.78 is 74.1. The summed E-state index contributed by atoms with van der Waals surface area (Å²) in [5.41, 5.74) is 3.13. The molecule has 0 aliphatic carbocycles. The van der Waals surface area contributed by atoms with Crippen LogP contribution in [0.5, 0.6) is 5.75 Å². The molecular formula is C37H33ClF5N3O5. The summed E-state index contributed by atoms with van der Waals surface area (Å²) in [6.45, 7) is 2.76. The summed E-state index contributed by atoms with van der Waals surface area (Å²) in [6, 6.07) is 18.0. The zero-order chi connectivity index (χ0) is 36.3. The largest absolute Gasteiger partial charge is 0.499 e. The second kappa shape index (κ2) is 14.7. The van der Waals surface area contributed by atoms with Crippen molar-refractivity contribution < 1.29 is 40.7 Å². The van der Waals surface area contributed by atoms with Crippen LogP contribution in [0.2, 0.25) is 5.02 Å². The molecule has 2 fully saturated rings. The normalized spacial score (nSPS) is 16.0. The lowest BCUT2D eigenvalue weighted by Crippen LogP contribution is -2.41. The van der Waals surface area contributed by atoms with Gasteiger partial charge in [0.05, 0.1) is 11.4 Å². The van der Waals surface area contributed by atoms with E-state index in [1.54, 1.807) is 12.1 Å². The van der Waals surface area contributed by atoms with Crippen LogP contribution in [-0.2, 0) is 17.8 Å². The van der Waals surface area contributed by atoms with Gasteiger partial charge in [-0.25, -0.2) is 0 Å².